The van der Waals surface area contributed by atoms with Crippen LogP contribution in [0.2, 0.25) is 0 Å². The van der Waals surface area contributed by atoms with Gasteiger partial charge in [-0.05, 0) is 42.8 Å². The number of aromatic nitrogens is 1. The van der Waals surface area contributed by atoms with E-state index >= 15 is 0 Å². The molecule has 0 aliphatic heterocycles. The summed E-state index contributed by atoms with van der Waals surface area (Å²) in [5.41, 5.74) is 1.30. The molecule has 0 aliphatic carbocycles. The Kier molecular flexibility index (Phi) is 5.05. The van der Waals surface area contributed by atoms with E-state index in [1.807, 2.05) is 24.3 Å². The largest absolute Gasteiger partial charge is 0.494 e. The van der Waals surface area contributed by atoms with Gasteiger partial charge in [0.1, 0.15) is 17.3 Å². The normalized spacial score (nSPS) is 10.7. The van der Waals surface area contributed by atoms with E-state index in [0.717, 1.165) is 5.39 Å². The first-order valence-electron chi connectivity index (χ1n) is 7.71. The van der Waals surface area contributed by atoms with Crippen LogP contribution >= 0.6 is 0 Å². The van der Waals surface area contributed by atoms with E-state index in [-0.39, 0.29) is 18.1 Å². The lowest BCUT2D eigenvalue weighted by molar-refractivity contribution is -0.120. The van der Waals surface area contributed by atoms with Crippen molar-refractivity contribution < 1.29 is 18.4 Å². The highest BCUT2D eigenvalue weighted by atomic mass is 19.1. The van der Waals surface area contributed by atoms with Gasteiger partial charge in [0.25, 0.3) is 0 Å². The Morgan fingerprint density at radius 2 is 1.96 bits per heavy atom. The number of rotatable bonds is 7. The van der Waals surface area contributed by atoms with Crippen molar-refractivity contribution >= 4 is 16.9 Å². The molecule has 0 spiro atoms. The zero-order valence-electron chi connectivity index (χ0n) is 13.0. The Bertz CT molecular complexity index is 815. The van der Waals surface area contributed by atoms with E-state index in [4.69, 9.17) is 9.26 Å². The second-order valence-electron chi connectivity index (χ2n) is 5.31. The minimum absolute atomic E-state index is 0.115. The van der Waals surface area contributed by atoms with Crippen LogP contribution < -0.4 is 10.1 Å². The molecule has 0 saturated heterocycles. The summed E-state index contributed by atoms with van der Waals surface area (Å²) < 4.78 is 23.4. The average molecular weight is 328 g/mol. The first-order chi connectivity index (χ1) is 11.7. The summed E-state index contributed by atoms with van der Waals surface area (Å²) >= 11 is 0. The fourth-order valence-corrected chi connectivity index (χ4v) is 2.30. The highest BCUT2D eigenvalue weighted by Gasteiger charge is 2.11. The fourth-order valence-electron chi connectivity index (χ4n) is 2.30. The van der Waals surface area contributed by atoms with Gasteiger partial charge in [-0.1, -0.05) is 17.3 Å². The van der Waals surface area contributed by atoms with Crippen molar-refractivity contribution in [3.63, 3.8) is 0 Å². The van der Waals surface area contributed by atoms with Crippen LogP contribution in [-0.2, 0) is 11.2 Å². The minimum Gasteiger partial charge on any atom is -0.494 e. The molecule has 3 aromatic rings. The maximum atomic E-state index is 12.8. The van der Waals surface area contributed by atoms with Crippen molar-refractivity contribution in [1.82, 2.24) is 10.5 Å². The molecule has 1 N–H and O–H groups in total. The van der Waals surface area contributed by atoms with Gasteiger partial charge in [0.05, 0.1) is 13.0 Å². The quantitative estimate of drug-likeness (QED) is 0.677. The lowest BCUT2D eigenvalue weighted by Gasteiger charge is -2.07. The number of amides is 1. The molecule has 1 heterocycles. The number of ether oxygens (including phenoxy) is 1. The van der Waals surface area contributed by atoms with Crippen LogP contribution in [0.1, 0.15) is 12.1 Å². The first kappa shape index (κ1) is 16.0. The number of nitrogens with one attached hydrogen (secondary N) is 1. The van der Waals surface area contributed by atoms with Crippen LogP contribution in [0, 0.1) is 5.82 Å². The van der Waals surface area contributed by atoms with Crippen LogP contribution in [0.15, 0.2) is 53.1 Å². The highest BCUT2D eigenvalue weighted by molar-refractivity contribution is 5.86. The molecule has 2 aromatic carbocycles. The molecule has 0 unspecified atom stereocenters. The number of fused-ring (bicyclic) bond motifs is 1. The summed E-state index contributed by atoms with van der Waals surface area (Å²) in [7, 11) is 0. The molecule has 5 nitrogen and oxygen atoms in total. The van der Waals surface area contributed by atoms with Crippen LogP contribution in [-0.4, -0.2) is 24.2 Å². The van der Waals surface area contributed by atoms with Crippen LogP contribution in [0.25, 0.3) is 11.0 Å². The Labute approximate surface area is 138 Å². The first-order valence-corrected chi connectivity index (χ1v) is 7.71. The van der Waals surface area contributed by atoms with E-state index in [2.05, 4.69) is 10.5 Å². The predicted octanol–water partition coefficient (Wildman–Crippen LogP) is 3.09. The molecule has 1 amide bonds. The van der Waals surface area contributed by atoms with E-state index < -0.39 is 0 Å². The van der Waals surface area contributed by atoms with Crippen molar-refractivity contribution in [3.05, 3.63) is 60.0 Å². The fraction of sp³-hybridized carbons (Fsp3) is 0.222. The number of carbonyl (C=O) groups excluding carboxylic acids is 1. The van der Waals surface area contributed by atoms with Crippen molar-refractivity contribution in [1.29, 1.82) is 0 Å². The second-order valence-corrected chi connectivity index (χ2v) is 5.31. The number of benzene rings is 2. The zero-order valence-corrected chi connectivity index (χ0v) is 13.0. The second kappa shape index (κ2) is 7.59. The van der Waals surface area contributed by atoms with Crippen molar-refractivity contribution in [2.75, 3.05) is 13.2 Å². The molecule has 0 atom stereocenters. The van der Waals surface area contributed by atoms with Crippen molar-refractivity contribution in [2.24, 2.45) is 0 Å². The topological polar surface area (TPSA) is 64.4 Å². The van der Waals surface area contributed by atoms with Gasteiger partial charge in [0, 0.05) is 11.9 Å². The molecule has 124 valence electrons. The number of carbonyl (C=O) groups is 1. The van der Waals surface area contributed by atoms with E-state index in [0.29, 0.717) is 36.6 Å². The van der Waals surface area contributed by atoms with Crippen LogP contribution in [0.4, 0.5) is 4.39 Å². The Balaban J connectivity index is 1.39. The van der Waals surface area contributed by atoms with Gasteiger partial charge in [-0.15, -0.1) is 0 Å². The Morgan fingerprint density at radius 1 is 1.17 bits per heavy atom. The van der Waals surface area contributed by atoms with Crippen LogP contribution in [0.5, 0.6) is 5.75 Å². The number of hydrogen-bond donors (Lipinski definition) is 1. The van der Waals surface area contributed by atoms with E-state index in [1.165, 1.54) is 12.1 Å². The van der Waals surface area contributed by atoms with Crippen LogP contribution in [0.3, 0.4) is 0 Å². The third-order valence-corrected chi connectivity index (χ3v) is 3.51. The molecule has 0 fully saturated rings. The molecule has 24 heavy (non-hydrogen) atoms. The Hall–Kier alpha value is -2.89. The lowest BCUT2D eigenvalue weighted by Crippen LogP contribution is -2.27. The Morgan fingerprint density at radius 3 is 2.79 bits per heavy atom. The van der Waals surface area contributed by atoms with Gasteiger partial charge >= 0.3 is 0 Å². The third-order valence-electron chi connectivity index (χ3n) is 3.51. The van der Waals surface area contributed by atoms with Gasteiger partial charge < -0.3 is 14.6 Å². The lowest BCUT2D eigenvalue weighted by atomic mass is 10.1. The third kappa shape index (κ3) is 4.10. The standard InChI is InChI=1S/C18H17FN2O3/c19-13-6-8-14(9-7-13)23-11-3-10-20-18(22)12-16-15-4-1-2-5-17(15)24-21-16/h1-2,4-9H,3,10-12H2,(H,20,22). The summed E-state index contributed by atoms with van der Waals surface area (Å²) in [6.07, 6.45) is 0.832. The van der Waals surface area contributed by atoms with Gasteiger partial charge in [-0.2, -0.15) is 0 Å². The SMILES string of the molecule is O=C(Cc1noc2ccccc12)NCCCOc1ccc(F)cc1. The minimum atomic E-state index is -0.296. The maximum Gasteiger partial charge on any atom is 0.226 e. The van der Waals surface area contributed by atoms with Gasteiger partial charge in [0.15, 0.2) is 5.58 Å². The maximum absolute atomic E-state index is 12.8. The number of hydrogen-bond acceptors (Lipinski definition) is 4. The molecule has 3 rings (SSSR count). The summed E-state index contributed by atoms with van der Waals surface area (Å²) in [6.45, 7) is 0.939. The van der Waals surface area contributed by atoms with Gasteiger partial charge in [-0.25, -0.2) is 4.39 Å². The molecular weight excluding hydrogens is 311 g/mol. The van der Waals surface area contributed by atoms with Crippen molar-refractivity contribution in [2.45, 2.75) is 12.8 Å². The molecule has 0 saturated carbocycles. The average Bonchev–Trinajstić information content (AvgIpc) is 2.99. The van der Waals surface area contributed by atoms with Gasteiger partial charge in [-0.3, -0.25) is 4.79 Å². The number of nitrogens with zero attached hydrogens (tertiary/aromatic N) is 1. The summed E-state index contributed by atoms with van der Waals surface area (Å²) in [4.78, 5) is 11.9. The molecule has 0 bridgehead atoms. The molecule has 0 aliphatic rings. The molecule has 1 aromatic heterocycles. The number of para-hydroxylation sites is 1. The molecule has 0 radical (unpaired) electrons. The number of halogens is 1. The molecule has 6 heteroatoms. The summed E-state index contributed by atoms with van der Waals surface area (Å²) in [6, 6.07) is 13.3. The van der Waals surface area contributed by atoms with Crippen molar-refractivity contribution in [3.8, 4) is 5.75 Å². The van der Waals surface area contributed by atoms with Gasteiger partial charge in [0.2, 0.25) is 5.91 Å². The van der Waals surface area contributed by atoms with E-state index in [9.17, 15) is 9.18 Å². The zero-order chi connectivity index (χ0) is 16.8. The smallest absolute Gasteiger partial charge is 0.226 e. The monoisotopic (exact) mass is 328 g/mol. The highest BCUT2D eigenvalue weighted by Crippen LogP contribution is 2.18. The predicted molar refractivity (Wildman–Crippen MR) is 87.2 cm³/mol. The summed E-state index contributed by atoms with van der Waals surface area (Å²) in [5.74, 6) is 0.197. The summed E-state index contributed by atoms with van der Waals surface area (Å²) in [5, 5.41) is 7.61. The molecular formula is C18H17FN2O3. The van der Waals surface area contributed by atoms with E-state index in [1.54, 1.807) is 12.1 Å².